The molecule has 2 saturated carbocycles. The number of imidazole rings is 1. The Labute approximate surface area is 442 Å². The van der Waals surface area contributed by atoms with Crippen molar-refractivity contribution in [2.75, 3.05) is 0 Å². The van der Waals surface area contributed by atoms with E-state index in [-0.39, 0.29) is 0 Å². The number of rotatable bonds is 6. The lowest BCUT2D eigenvalue weighted by atomic mass is 9.74. The summed E-state index contributed by atoms with van der Waals surface area (Å²) in [6, 6.07) is 70.1. The molecule has 3 aliphatic carbocycles. The van der Waals surface area contributed by atoms with E-state index in [1.807, 2.05) is 0 Å². The number of hydrogen-bond acceptors (Lipinski definition) is 3. The van der Waals surface area contributed by atoms with Crippen LogP contribution in [0.1, 0.15) is 102 Å². The maximum absolute atomic E-state index is 10.0. The van der Waals surface area contributed by atoms with E-state index >= 15 is 0 Å². The second-order valence-electron chi connectivity index (χ2n) is 22.0. The van der Waals surface area contributed by atoms with Crippen LogP contribution in [-0.2, 0) is 5.41 Å². The molecular formula is C69H58N2OSSi. The highest BCUT2D eigenvalue weighted by Gasteiger charge is 2.43. The molecule has 0 N–H and O–H groups in total. The third-order valence-electron chi connectivity index (χ3n) is 17.7. The first-order chi connectivity index (χ1) is 37.0. The van der Waals surface area contributed by atoms with Gasteiger partial charge in [0.15, 0.2) is 4.96 Å². The van der Waals surface area contributed by atoms with Gasteiger partial charge in [-0.1, -0.05) is 215 Å². The zero-order valence-electron chi connectivity index (χ0n) is 44.3. The number of fused-ring (bicyclic) bond motifs is 15. The molecule has 0 amide bonds. The highest BCUT2D eigenvalue weighted by Crippen LogP contribution is 2.52. The molecule has 9 aromatic carbocycles. The summed E-state index contributed by atoms with van der Waals surface area (Å²) in [6.45, 7) is 7.25. The molecule has 3 heterocycles. The van der Waals surface area contributed by atoms with Crippen molar-refractivity contribution in [3.8, 4) is 67.1 Å². The zero-order valence-corrected chi connectivity index (χ0v) is 44.1. The number of para-hydroxylation sites is 1. The molecule has 0 radical (unpaired) electrons. The van der Waals surface area contributed by atoms with E-state index in [1.165, 1.54) is 70.3 Å². The van der Waals surface area contributed by atoms with E-state index in [4.69, 9.17) is 9.72 Å². The number of thiazole rings is 1. The summed E-state index contributed by atoms with van der Waals surface area (Å²) in [4.78, 5) is 6.47. The fraction of sp³-hybridized carbons (Fsp3) is 0.203. The zero-order chi connectivity index (χ0) is 51.1. The van der Waals surface area contributed by atoms with Gasteiger partial charge in [-0.2, -0.15) is 0 Å². The van der Waals surface area contributed by atoms with Crippen LogP contribution < -0.4 is 20.3 Å². The standard InChI is InChI=1S/C69H58N2OSSi/c1-69(2)58-30-17-31-64(74(3,47-22-5-4-6-23-47)48-34-35-56-54-28-14-13-26-52(54)50-24-11-12-25-51(50)53-27-15-16-29-55(53)57(56)42-48)67(58)72-62-39-33-46(40-59(62)69)65-49(44-20-9-10-21-44)36-38-61-66(65)70-68-71(61)60-37-32-45(41-63(60)73-68)43-18-7-8-19-43/h4-6,11-17,22-44H,7-10,18-21H2,1-3H3/i43D,44D. The van der Waals surface area contributed by atoms with E-state index in [0.717, 1.165) is 112 Å². The van der Waals surface area contributed by atoms with Crippen molar-refractivity contribution in [2.24, 2.45) is 0 Å². The highest BCUT2D eigenvalue weighted by molar-refractivity contribution is 7.23. The minimum Gasteiger partial charge on any atom is -0.457 e. The van der Waals surface area contributed by atoms with Gasteiger partial charge in [0.05, 0.1) is 21.3 Å². The van der Waals surface area contributed by atoms with Crippen LogP contribution in [0.3, 0.4) is 0 Å². The van der Waals surface area contributed by atoms with Gasteiger partial charge >= 0.3 is 0 Å². The van der Waals surface area contributed by atoms with Crippen molar-refractivity contribution in [3.05, 3.63) is 210 Å². The fourth-order valence-corrected chi connectivity index (χ4v) is 18.5. The Morgan fingerprint density at radius 3 is 1.84 bits per heavy atom. The van der Waals surface area contributed by atoms with Gasteiger partial charge in [0, 0.05) is 24.8 Å². The number of hydrogen-bond donors (Lipinski definition) is 0. The van der Waals surface area contributed by atoms with Crippen LogP contribution in [0.5, 0.6) is 11.5 Å². The Bertz CT molecular complexity index is 4190. The third kappa shape index (κ3) is 6.58. The van der Waals surface area contributed by atoms with Crippen molar-refractivity contribution in [2.45, 2.75) is 89.0 Å². The van der Waals surface area contributed by atoms with Crippen LogP contribution >= 0.6 is 11.3 Å². The van der Waals surface area contributed by atoms with Crippen molar-refractivity contribution in [1.29, 1.82) is 0 Å². The maximum atomic E-state index is 10.0. The molecule has 5 heteroatoms. The molecule has 3 nitrogen and oxygen atoms in total. The van der Waals surface area contributed by atoms with Crippen molar-refractivity contribution in [1.82, 2.24) is 9.38 Å². The smallest absolute Gasteiger partial charge is 0.195 e. The minimum atomic E-state index is -2.85. The summed E-state index contributed by atoms with van der Waals surface area (Å²) >= 11 is 1.72. The predicted octanol–water partition coefficient (Wildman–Crippen LogP) is 17.2. The second kappa shape index (κ2) is 16.9. The van der Waals surface area contributed by atoms with Gasteiger partial charge in [-0.15, -0.1) is 0 Å². The van der Waals surface area contributed by atoms with Gasteiger partial charge in [-0.3, -0.25) is 4.40 Å². The van der Waals surface area contributed by atoms with Crippen LogP contribution in [-0.4, -0.2) is 17.5 Å². The first-order valence-electron chi connectivity index (χ1n) is 27.9. The molecule has 4 aliphatic rings. The van der Waals surface area contributed by atoms with Gasteiger partial charge < -0.3 is 4.74 Å². The molecule has 360 valence electrons. The van der Waals surface area contributed by atoms with Gasteiger partial charge in [0.2, 0.25) is 0 Å². The van der Waals surface area contributed by atoms with Gasteiger partial charge in [-0.25, -0.2) is 4.98 Å². The molecule has 1 atom stereocenters. The Balaban J connectivity index is 0.884. The summed E-state index contributed by atoms with van der Waals surface area (Å²) in [5.41, 5.74) is 19.4. The molecule has 0 bridgehead atoms. The summed E-state index contributed by atoms with van der Waals surface area (Å²) in [5, 5.41) is 3.91. The molecule has 15 rings (SSSR count). The van der Waals surface area contributed by atoms with Crippen molar-refractivity contribution >= 4 is 61.2 Å². The lowest BCUT2D eigenvalue weighted by Crippen LogP contribution is -2.65. The molecule has 0 saturated heterocycles. The predicted molar refractivity (Wildman–Crippen MR) is 313 cm³/mol. The maximum Gasteiger partial charge on any atom is 0.195 e. The lowest BCUT2D eigenvalue weighted by molar-refractivity contribution is 0.421. The van der Waals surface area contributed by atoms with Crippen LogP contribution in [0.2, 0.25) is 6.55 Å². The van der Waals surface area contributed by atoms with Gasteiger partial charge in [0.25, 0.3) is 0 Å². The Hall–Kier alpha value is -7.31. The third-order valence-corrected chi connectivity index (χ3v) is 23.1. The lowest BCUT2D eigenvalue weighted by Gasteiger charge is -2.39. The van der Waals surface area contributed by atoms with Crippen LogP contribution in [0.15, 0.2) is 188 Å². The molecule has 2 fully saturated rings. The average molecular weight is 993 g/mol. The second-order valence-corrected chi connectivity index (χ2v) is 27.0. The van der Waals surface area contributed by atoms with E-state index < -0.39 is 25.3 Å². The average Bonchev–Trinajstić information content (AvgIpc) is 4.28. The van der Waals surface area contributed by atoms with Gasteiger partial charge in [-0.05, 0) is 145 Å². The van der Waals surface area contributed by atoms with Crippen LogP contribution in [0.4, 0.5) is 0 Å². The molecule has 74 heavy (non-hydrogen) atoms. The molecule has 1 unspecified atom stereocenters. The van der Waals surface area contributed by atoms with E-state index in [2.05, 4.69) is 213 Å². The van der Waals surface area contributed by atoms with E-state index in [9.17, 15) is 2.74 Å². The highest BCUT2D eigenvalue weighted by atomic mass is 32.1. The summed E-state index contributed by atoms with van der Waals surface area (Å²) in [5.74, 6) is 0.644. The Morgan fingerprint density at radius 2 is 1.16 bits per heavy atom. The van der Waals surface area contributed by atoms with Crippen molar-refractivity contribution in [3.63, 3.8) is 0 Å². The summed E-state index contributed by atoms with van der Waals surface area (Å²) in [7, 11) is -2.85. The number of aromatic nitrogens is 2. The molecule has 1 aliphatic heterocycles. The normalized spacial score (nSPS) is 17.9. The topological polar surface area (TPSA) is 26.5 Å². The quantitative estimate of drug-likeness (QED) is 0.123. The molecule has 2 aromatic heterocycles. The van der Waals surface area contributed by atoms with E-state index in [1.54, 1.807) is 11.3 Å². The van der Waals surface area contributed by atoms with Crippen molar-refractivity contribution < 1.29 is 7.48 Å². The van der Waals surface area contributed by atoms with Crippen LogP contribution in [0.25, 0.3) is 81.8 Å². The first-order valence-corrected chi connectivity index (χ1v) is 30.2. The van der Waals surface area contributed by atoms with Crippen LogP contribution in [0, 0.1) is 0 Å². The molecule has 0 spiro atoms. The molecule has 11 aromatic rings. The summed E-state index contributed by atoms with van der Waals surface area (Å²) in [6.07, 6.45) is 7.88. The largest absolute Gasteiger partial charge is 0.457 e. The minimum absolute atomic E-state index is 0.431. The summed E-state index contributed by atoms with van der Waals surface area (Å²) < 4.78 is 30.2. The fourth-order valence-electron chi connectivity index (χ4n) is 13.7. The van der Waals surface area contributed by atoms with Gasteiger partial charge in [0.1, 0.15) is 19.6 Å². The first kappa shape index (κ1) is 42.1. The number of nitrogens with zero attached hydrogens (tertiary/aromatic N) is 2. The number of benzene rings is 9. The molecular weight excluding hydrogens is 933 g/mol. The number of ether oxygens (including phenoxy) is 1. The Kier molecular flexibility index (Phi) is 9.59. The monoisotopic (exact) mass is 992 g/mol. The SMILES string of the molecule is [2H]C1(c2ccc3c(c2)sc2nc4c(-c5ccc6c(c5)C(C)(C)c5cccc([Si](C)(c7ccccc7)c7ccc8c(c7)-c7ccccc7-c7ccccc7-c7ccccc7-8)c5O6)c(C5([2H])CCCC5)ccc4n23)CCCC1. The van der Waals surface area contributed by atoms with E-state index in [0.29, 0.717) is 0 Å². The Morgan fingerprint density at radius 1 is 0.554 bits per heavy atom.